The summed E-state index contributed by atoms with van der Waals surface area (Å²) < 4.78 is 4.09. The molecule has 0 amide bonds. The molecule has 0 aromatic rings. The smallest absolute Gasteiger partial charge is 0.341 e. The number of nitrogens with two attached hydrogens (primary N) is 1. The molecule has 0 bridgehead atoms. The fourth-order valence-electron chi connectivity index (χ4n) is 0.201. The van der Waals surface area contributed by atoms with Crippen molar-refractivity contribution in [1.82, 2.24) is 0 Å². The Hall–Kier alpha value is -1.10. The second-order valence-electron chi connectivity index (χ2n) is 1.26. The van der Waals surface area contributed by atoms with Crippen LogP contribution in [0.25, 0.3) is 0 Å². The minimum atomic E-state index is -1.18. The van der Waals surface area contributed by atoms with E-state index in [-0.39, 0.29) is 6.54 Å². The van der Waals surface area contributed by atoms with E-state index < -0.39 is 18.5 Å². The van der Waals surface area contributed by atoms with Crippen LogP contribution in [-0.4, -0.2) is 30.2 Å². The molecule has 0 aliphatic carbocycles. The van der Waals surface area contributed by atoms with Gasteiger partial charge in [-0.25, -0.2) is 4.79 Å². The molecule has 0 atom stereocenters. The molecule has 5 nitrogen and oxygen atoms in total. The van der Waals surface area contributed by atoms with Crippen molar-refractivity contribution < 1.29 is 19.4 Å². The monoisotopic (exact) mass is 133 g/mol. The lowest BCUT2D eigenvalue weighted by atomic mass is 10.7. The van der Waals surface area contributed by atoms with Gasteiger partial charge in [0.05, 0.1) is 6.54 Å². The number of ether oxygens (including phenoxy) is 1. The fourth-order valence-corrected chi connectivity index (χ4v) is 0.201. The van der Waals surface area contributed by atoms with Gasteiger partial charge in [-0.1, -0.05) is 0 Å². The molecule has 5 heteroatoms. The van der Waals surface area contributed by atoms with E-state index in [0.717, 1.165) is 0 Å². The van der Waals surface area contributed by atoms with Crippen molar-refractivity contribution in [3.8, 4) is 0 Å². The third-order valence-corrected chi connectivity index (χ3v) is 0.523. The maximum Gasteiger partial charge on any atom is 0.341 e. The van der Waals surface area contributed by atoms with Gasteiger partial charge in [-0.05, 0) is 0 Å². The first-order chi connectivity index (χ1) is 4.16. The van der Waals surface area contributed by atoms with Crippen LogP contribution in [0.5, 0.6) is 0 Å². The zero-order valence-corrected chi connectivity index (χ0v) is 4.66. The van der Waals surface area contributed by atoms with E-state index in [4.69, 9.17) is 10.8 Å². The molecular formula is C4H7NO4. The molecule has 0 saturated heterocycles. The molecule has 9 heavy (non-hydrogen) atoms. The van der Waals surface area contributed by atoms with Crippen LogP contribution >= 0.6 is 0 Å². The highest BCUT2D eigenvalue weighted by molar-refractivity contribution is 5.76. The molecule has 52 valence electrons. The summed E-state index contributed by atoms with van der Waals surface area (Å²) in [7, 11) is 0. The number of rotatable bonds is 3. The number of hydrogen-bond acceptors (Lipinski definition) is 4. The van der Waals surface area contributed by atoms with E-state index >= 15 is 0 Å². The van der Waals surface area contributed by atoms with Crippen LogP contribution in [0.4, 0.5) is 0 Å². The molecule has 0 saturated carbocycles. The van der Waals surface area contributed by atoms with Gasteiger partial charge >= 0.3 is 11.9 Å². The van der Waals surface area contributed by atoms with Gasteiger partial charge in [0.1, 0.15) is 0 Å². The summed E-state index contributed by atoms with van der Waals surface area (Å²) in [5.41, 5.74) is 4.79. The van der Waals surface area contributed by atoms with Gasteiger partial charge in [-0.15, -0.1) is 0 Å². The molecule has 0 radical (unpaired) electrons. The number of hydrogen-bond donors (Lipinski definition) is 2. The molecule has 0 aromatic carbocycles. The van der Waals surface area contributed by atoms with E-state index in [9.17, 15) is 9.59 Å². The van der Waals surface area contributed by atoms with Crippen molar-refractivity contribution in [2.75, 3.05) is 13.2 Å². The average Bonchev–Trinajstić information content (AvgIpc) is 1.83. The standard InChI is InChI=1S/C4H7NO4/c5-1-4(8)9-2-3(6)7/h1-2,5H2,(H,6,7). The summed E-state index contributed by atoms with van der Waals surface area (Å²) in [6.07, 6.45) is 0. The highest BCUT2D eigenvalue weighted by Crippen LogP contribution is 1.73. The summed E-state index contributed by atoms with van der Waals surface area (Å²) in [5.74, 6) is -1.89. The topological polar surface area (TPSA) is 89.6 Å². The number of aliphatic carboxylic acids is 1. The van der Waals surface area contributed by atoms with Gasteiger partial charge < -0.3 is 15.6 Å². The summed E-state index contributed by atoms with van der Waals surface area (Å²) >= 11 is 0. The van der Waals surface area contributed by atoms with E-state index in [0.29, 0.717) is 0 Å². The SMILES string of the molecule is NCC(=O)OCC(=O)O. The molecule has 0 aliphatic heterocycles. The molecule has 0 unspecified atom stereocenters. The maximum atomic E-state index is 10.1. The molecule has 3 N–H and O–H groups in total. The Morgan fingerprint density at radius 2 is 2.11 bits per heavy atom. The van der Waals surface area contributed by atoms with Crippen LogP contribution in [0, 0.1) is 0 Å². The van der Waals surface area contributed by atoms with Gasteiger partial charge in [0.15, 0.2) is 6.61 Å². The summed E-state index contributed by atoms with van der Waals surface area (Å²) in [4.78, 5) is 19.8. The minimum Gasteiger partial charge on any atom is -0.479 e. The normalized spacial score (nSPS) is 8.56. The average molecular weight is 133 g/mol. The first-order valence-electron chi connectivity index (χ1n) is 2.24. The minimum absolute atomic E-state index is 0.284. The van der Waals surface area contributed by atoms with Crippen LogP contribution in [0.1, 0.15) is 0 Å². The summed E-state index contributed by atoms with van der Waals surface area (Å²) in [5, 5.41) is 7.94. The van der Waals surface area contributed by atoms with Crippen molar-refractivity contribution in [2.24, 2.45) is 5.73 Å². The zero-order chi connectivity index (χ0) is 7.28. The van der Waals surface area contributed by atoms with Crippen molar-refractivity contribution in [3.05, 3.63) is 0 Å². The van der Waals surface area contributed by atoms with Crippen LogP contribution < -0.4 is 5.73 Å². The molecule has 0 heterocycles. The number of carbonyl (C=O) groups excluding carboxylic acids is 1. The fraction of sp³-hybridized carbons (Fsp3) is 0.500. The third kappa shape index (κ3) is 4.76. The van der Waals surface area contributed by atoms with E-state index in [1.807, 2.05) is 0 Å². The van der Waals surface area contributed by atoms with Gasteiger partial charge in [-0.2, -0.15) is 0 Å². The molecule has 0 spiro atoms. The molecule has 0 aliphatic rings. The van der Waals surface area contributed by atoms with Crippen LogP contribution in [0.2, 0.25) is 0 Å². The Kier molecular flexibility index (Phi) is 3.38. The second kappa shape index (κ2) is 3.85. The van der Waals surface area contributed by atoms with Crippen molar-refractivity contribution >= 4 is 11.9 Å². The number of carboxylic acid groups (broad SMARTS) is 1. The van der Waals surface area contributed by atoms with Crippen molar-refractivity contribution in [2.45, 2.75) is 0 Å². The van der Waals surface area contributed by atoms with Crippen LogP contribution in [0.15, 0.2) is 0 Å². The molecule has 0 rings (SSSR count). The number of carboxylic acids is 1. The Labute approximate surface area is 51.4 Å². The zero-order valence-electron chi connectivity index (χ0n) is 4.66. The predicted octanol–water partition coefficient (Wildman–Crippen LogP) is -1.43. The maximum absolute atomic E-state index is 10.1. The van der Waals surface area contributed by atoms with Crippen molar-refractivity contribution in [1.29, 1.82) is 0 Å². The Bertz CT molecular complexity index is 122. The van der Waals surface area contributed by atoms with Crippen LogP contribution in [0.3, 0.4) is 0 Å². The Morgan fingerprint density at radius 3 is 2.44 bits per heavy atom. The summed E-state index contributed by atoms with van der Waals surface area (Å²) in [6.45, 7) is -0.899. The Balaban J connectivity index is 3.28. The van der Waals surface area contributed by atoms with Gasteiger partial charge in [0, 0.05) is 0 Å². The highest BCUT2D eigenvalue weighted by atomic mass is 16.5. The predicted molar refractivity (Wildman–Crippen MR) is 27.6 cm³/mol. The molecular weight excluding hydrogens is 126 g/mol. The first-order valence-corrected chi connectivity index (χ1v) is 2.24. The van der Waals surface area contributed by atoms with Crippen molar-refractivity contribution in [3.63, 3.8) is 0 Å². The largest absolute Gasteiger partial charge is 0.479 e. The molecule has 0 aromatic heterocycles. The van der Waals surface area contributed by atoms with E-state index in [2.05, 4.69) is 4.74 Å². The lowest BCUT2D eigenvalue weighted by molar-refractivity contribution is -0.154. The lowest BCUT2D eigenvalue weighted by Gasteiger charge is -1.95. The first kappa shape index (κ1) is 7.90. The van der Waals surface area contributed by atoms with Gasteiger partial charge in [0.2, 0.25) is 0 Å². The summed E-state index contributed by atoms with van der Waals surface area (Å²) in [6, 6.07) is 0. The van der Waals surface area contributed by atoms with Crippen LogP contribution in [-0.2, 0) is 14.3 Å². The number of carbonyl (C=O) groups is 2. The molecule has 0 fully saturated rings. The quantitative estimate of drug-likeness (QED) is 0.461. The highest BCUT2D eigenvalue weighted by Gasteiger charge is 2.01. The second-order valence-corrected chi connectivity index (χ2v) is 1.26. The van der Waals surface area contributed by atoms with Gasteiger partial charge in [-0.3, -0.25) is 4.79 Å². The Morgan fingerprint density at radius 1 is 1.56 bits per heavy atom. The van der Waals surface area contributed by atoms with E-state index in [1.54, 1.807) is 0 Å². The van der Waals surface area contributed by atoms with Gasteiger partial charge in [0.25, 0.3) is 0 Å². The number of esters is 1. The lowest BCUT2D eigenvalue weighted by Crippen LogP contribution is -2.20. The van der Waals surface area contributed by atoms with E-state index in [1.165, 1.54) is 0 Å². The third-order valence-electron chi connectivity index (χ3n) is 0.523.